The highest BCUT2D eigenvalue weighted by Gasteiger charge is 2.35. The monoisotopic (exact) mass is 275 g/mol. The van der Waals surface area contributed by atoms with E-state index in [1.54, 1.807) is 0 Å². The smallest absolute Gasteiger partial charge is 0.119 e. The van der Waals surface area contributed by atoms with E-state index in [0.29, 0.717) is 11.3 Å². The van der Waals surface area contributed by atoms with Crippen molar-refractivity contribution < 1.29 is 4.74 Å². The van der Waals surface area contributed by atoms with E-state index in [1.807, 2.05) is 6.92 Å². The third kappa shape index (κ3) is 3.76. The Hall–Kier alpha value is -1.02. The van der Waals surface area contributed by atoms with Crippen LogP contribution in [0, 0.1) is 5.92 Å². The molecule has 1 N–H and O–H groups in total. The molecule has 0 radical (unpaired) electrons. The predicted octanol–water partition coefficient (Wildman–Crippen LogP) is 4.14. The summed E-state index contributed by atoms with van der Waals surface area (Å²) in [5, 5.41) is 3.67. The van der Waals surface area contributed by atoms with Gasteiger partial charge in [0.2, 0.25) is 0 Å². The molecule has 0 bridgehead atoms. The van der Waals surface area contributed by atoms with Gasteiger partial charge >= 0.3 is 0 Å². The van der Waals surface area contributed by atoms with Crippen LogP contribution in [0.15, 0.2) is 24.3 Å². The van der Waals surface area contributed by atoms with Gasteiger partial charge in [-0.3, -0.25) is 0 Å². The van der Waals surface area contributed by atoms with Gasteiger partial charge in [-0.1, -0.05) is 38.8 Å². The largest absolute Gasteiger partial charge is 0.494 e. The van der Waals surface area contributed by atoms with Gasteiger partial charge in [0.15, 0.2) is 0 Å². The number of rotatable bonds is 7. The first-order chi connectivity index (χ1) is 9.66. The summed E-state index contributed by atoms with van der Waals surface area (Å²) < 4.78 is 5.55. The van der Waals surface area contributed by atoms with E-state index in [4.69, 9.17) is 4.74 Å². The van der Waals surface area contributed by atoms with Crippen molar-refractivity contribution in [3.8, 4) is 5.75 Å². The lowest BCUT2D eigenvalue weighted by Gasteiger charge is -2.30. The van der Waals surface area contributed by atoms with Gasteiger partial charge < -0.3 is 10.1 Å². The third-order valence-corrected chi connectivity index (χ3v) is 4.35. The maximum atomic E-state index is 5.55. The van der Waals surface area contributed by atoms with Crippen LogP contribution in [0.4, 0.5) is 0 Å². The van der Waals surface area contributed by atoms with Gasteiger partial charge in [-0.05, 0) is 49.9 Å². The van der Waals surface area contributed by atoms with E-state index in [0.717, 1.165) is 25.4 Å². The molecule has 0 saturated heterocycles. The highest BCUT2D eigenvalue weighted by atomic mass is 16.5. The van der Waals surface area contributed by atoms with E-state index >= 15 is 0 Å². The molecule has 0 aliphatic heterocycles. The van der Waals surface area contributed by atoms with Gasteiger partial charge in [0.25, 0.3) is 0 Å². The highest BCUT2D eigenvalue weighted by Crippen LogP contribution is 2.41. The summed E-state index contributed by atoms with van der Waals surface area (Å²) in [6.45, 7) is 9.52. The molecule has 2 heteroatoms. The molecular weight excluding hydrogens is 246 g/mol. The molecule has 1 aliphatic carbocycles. The van der Waals surface area contributed by atoms with Crippen LogP contribution in [0.2, 0.25) is 0 Å². The lowest BCUT2D eigenvalue weighted by molar-refractivity contribution is 0.339. The second-order valence-corrected chi connectivity index (χ2v) is 6.47. The molecule has 0 unspecified atom stereocenters. The Morgan fingerprint density at radius 1 is 1.15 bits per heavy atom. The van der Waals surface area contributed by atoms with Gasteiger partial charge in [0, 0.05) is 12.0 Å². The maximum absolute atomic E-state index is 5.55. The van der Waals surface area contributed by atoms with Crippen LogP contribution in [0.3, 0.4) is 0 Å². The summed E-state index contributed by atoms with van der Waals surface area (Å²) in [6, 6.07) is 8.80. The van der Waals surface area contributed by atoms with E-state index in [9.17, 15) is 0 Å². The number of ether oxygens (including phenoxy) is 1. The first kappa shape index (κ1) is 15.4. The number of benzene rings is 1. The molecule has 0 amide bonds. The molecule has 1 aromatic carbocycles. The van der Waals surface area contributed by atoms with Crippen LogP contribution in [0.5, 0.6) is 5.75 Å². The molecule has 112 valence electrons. The summed E-state index contributed by atoms with van der Waals surface area (Å²) in [5.74, 6) is 1.70. The van der Waals surface area contributed by atoms with Crippen LogP contribution in [-0.4, -0.2) is 19.7 Å². The maximum Gasteiger partial charge on any atom is 0.119 e. The lowest BCUT2D eigenvalue weighted by Crippen LogP contribution is -2.37. The molecule has 1 fully saturated rings. The van der Waals surface area contributed by atoms with E-state index < -0.39 is 0 Å². The second-order valence-electron chi connectivity index (χ2n) is 6.47. The molecule has 20 heavy (non-hydrogen) atoms. The second kappa shape index (κ2) is 7.12. The molecule has 1 aliphatic rings. The topological polar surface area (TPSA) is 21.3 Å². The Morgan fingerprint density at radius 2 is 1.80 bits per heavy atom. The van der Waals surface area contributed by atoms with E-state index in [1.165, 1.54) is 31.2 Å². The molecular formula is C18H29NO. The van der Waals surface area contributed by atoms with Crippen molar-refractivity contribution in [2.24, 2.45) is 5.92 Å². The van der Waals surface area contributed by atoms with Crippen LogP contribution in [0.1, 0.15) is 52.0 Å². The summed E-state index contributed by atoms with van der Waals surface area (Å²) in [6.07, 6.45) is 5.34. The van der Waals surface area contributed by atoms with Crippen LogP contribution >= 0.6 is 0 Å². The fourth-order valence-electron chi connectivity index (χ4n) is 3.29. The average molecular weight is 275 g/mol. The van der Waals surface area contributed by atoms with Gasteiger partial charge in [0.05, 0.1) is 6.61 Å². The minimum Gasteiger partial charge on any atom is -0.494 e. The van der Waals surface area contributed by atoms with Crippen molar-refractivity contribution in [2.75, 3.05) is 19.7 Å². The minimum atomic E-state index is 0.347. The first-order valence-electron chi connectivity index (χ1n) is 8.10. The molecule has 1 aromatic rings. The Morgan fingerprint density at radius 3 is 2.35 bits per heavy atom. The van der Waals surface area contributed by atoms with Crippen molar-refractivity contribution in [2.45, 2.75) is 51.9 Å². The van der Waals surface area contributed by atoms with Crippen molar-refractivity contribution in [3.05, 3.63) is 29.8 Å². The summed E-state index contributed by atoms with van der Waals surface area (Å²) in [7, 11) is 0. The molecule has 2 nitrogen and oxygen atoms in total. The minimum absolute atomic E-state index is 0.347. The zero-order chi connectivity index (χ0) is 14.4. The van der Waals surface area contributed by atoms with Gasteiger partial charge in [-0.2, -0.15) is 0 Å². The molecule has 0 heterocycles. The molecule has 2 rings (SSSR count). The molecule has 0 aromatic heterocycles. The van der Waals surface area contributed by atoms with Gasteiger partial charge in [-0.25, -0.2) is 0 Å². The number of hydrogen-bond donors (Lipinski definition) is 1. The summed E-state index contributed by atoms with van der Waals surface area (Å²) in [5.41, 5.74) is 1.83. The Kier molecular flexibility index (Phi) is 5.47. The van der Waals surface area contributed by atoms with Crippen molar-refractivity contribution in [1.29, 1.82) is 0 Å². The number of nitrogens with one attached hydrogen (secondary N) is 1. The SMILES string of the molecule is CCOc1ccc(C2(CNCC(C)C)CCCC2)cc1. The molecule has 1 saturated carbocycles. The quantitative estimate of drug-likeness (QED) is 0.807. The zero-order valence-corrected chi connectivity index (χ0v) is 13.2. The highest BCUT2D eigenvalue weighted by molar-refractivity contribution is 5.33. The first-order valence-corrected chi connectivity index (χ1v) is 8.10. The lowest BCUT2D eigenvalue weighted by atomic mass is 9.78. The Labute approximate surface area is 123 Å². The number of hydrogen-bond acceptors (Lipinski definition) is 2. The van der Waals surface area contributed by atoms with Crippen LogP contribution in [-0.2, 0) is 5.41 Å². The fourth-order valence-corrected chi connectivity index (χ4v) is 3.29. The molecule has 0 spiro atoms. The van der Waals surface area contributed by atoms with Crippen molar-refractivity contribution >= 4 is 0 Å². The van der Waals surface area contributed by atoms with E-state index in [2.05, 4.69) is 43.4 Å². The van der Waals surface area contributed by atoms with Gasteiger partial charge in [0.1, 0.15) is 5.75 Å². The van der Waals surface area contributed by atoms with Crippen LogP contribution in [0.25, 0.3) is 0 Å². The Bertz CT molecular complexity index is 390. The van der Waals surface area contributed by atoms with Crippen molar-refractivity contribution in [3.63, 3.8) is 0 Å². The van der Waals surface area contributed by atoms with Crippen molar-refractivity contribution in [1.82, 2.24) is 5.32 Å². The standard InChI is InChI=1S/C18H29NO/c1-4-20-17-9-7-16(8-10-17)18(11-5-6-12-18)14-19-13-15(2)3/h7-10,15,19H,4-6,11-14H2,1-3H3. The zero-order valence-electron chi connectivity index (χ0n) is 13.2. The molecule has 0 atom stereocenters. The average Bonchev–Trinajstić information content (AvgIpc) is 2.89. The Balaban J connectivity index is 2.06. The summed E-state index contributed by atoms with van der Waals surface area (Å²) >= 11 is 0. The van der Waals surface area contributed by atoms with Gasteiger partial charge in [-0.15, -0.1) is 0 Å². The fraction of sp³-hybridized carbons (Fsp3) is 0.667. The van der Waals surface area contributed by atoms with E-state index in [-0.39, 0.29) is 0 Å². The third-order valence-electron chi connectivity index (χ3n) is 4.35. The van der Waals surface area contributed by atoms with Crippen LogP contribution < -0.4 is 10.1 Å². The predicted molar refractivity (Wildman–Crippen MR) is 85.5 cm³/mol. The normalized spacial score (nSPS) is 17.6. The summed E-state index contributed by atoms with van der Waals surface area (Å²) in [4.78, 5) is 0.